The normalized spacial score (nSPS) is 35.2. The third-order valence-corrected chi connectivity index (χ3v) is 6.82. The van der Waals surface area contributed by atoms with Gasteiger partial charge in [-0.2, -0.15) is 0 Å². The van der Waals surface area contributed by atoms with Crippen LogP contribution in [0.2, 0.25) is 0 Å². The summed E-state index contributed by atoms with van der Waals surface area (Å²) in [5.74, 6) is 0.496. The van der Waals surface area contributed by atoms with Crippen LogP contribution < -0.4 is 5.73 Å². The zero-order valence-electron chi connectivity index (χ0n) is 15.7. The predicted octanol–water partition coefficient (Wildman–Crippen LogP) is 2.54. The van der Waals surface area contributed by atoms with Gasteiger partial charge in [0, 0.05) is 50.2 Å². The molecule has 142 valence electrons. The minimum atomic E-state index is -0.375. The van der Waals surface area contributed by atoms with E-state index in [1.165, 1.54) is 12.8 Å². The smallest absolute Gasteiger partial charge is 0.248 e. The highest BCUT2D eigenvalue weighted by Gasteiger charge is 2.54. The maximum Gasteiger partial charge on any atom is 0.248 e. The minimum absolute atomic E-state index is 0.310. The number of amides is 1. The van der Waals surface area contributed by atoms with Crippen LogP contribution in [-0.4, -0.2) is 50.3 Å². The minimum Gasteiger partial charge on any atom is -0.380 e. The highest BCUT2D eigenvalue weighted by atomic mass is 16.5. The first-order valence-electron chi connectivity index (χ1n) is 9.92. The number of ether oxygens (including phenoxy) is 2. The van der Waals surface area contributed by atoms with Crippen molar-refractivity contribution in [3.8, 4) is 0 Å². The summed E-state index contributed by atoms with van der Waals surface area (Å²) in [5.41, 5.74) is 6.91. The highest BCUT2D eigenvalue weighted by Crippen LogP contribution is 2.52. The van der Waals surface area contributed by atoms with E-state index >= 15 is 0 Å². The van der Waals surface area contributed by atoms with Gasteiger partial charge in [-0.15, -0.1) is 0 Å². The summed E-state index contributed by atoms with van der Waals surface area (Å²) in [5, 5.41) is 0. The van der Waals surface area contributed by atoms with Crippen molar-refractivity contribution in [3.05, 3.63) is 35.4 Å². The number of benzene rings is 1. The average molecular weight is 358 g/mol. The number of methoxy groups -OCH3 is 1. The van der Waals surface area contributed by atoms with E-state index in [2.05, 4.69) is 11.0 Å². The van der Waals surface area contributed by atoms with Crippen molar-refractivity contribution in [1.82, 2.24) is 4.90 Å². The van der Waals surface area contributed by atoms with Gasteiger partial charge in [0.05, 0.1) is 6.61 Å². The van der Waals surface area contributed by atoms with Gasteiger partial charge in [0.15, 0.2) is 0 Å². The molecule has 1 amide bonds. The summed E-state index contributed by atoms with van der Waals surface area (Å²) in [7, 11) is 1.83. The van der Waals surface area contributed by atoms with Crippen LogP contribution >= 0.6 is 0 Å². The number of carbonyl (C=O) groups is 1. The molecule has 0 radical (unpaired) electrons. The van der Waals surface area contributed by atoms with Gasteiger partial charge in [0.2, 0.25) is 5.91 Å². The maximum absolute atomic E-state index is 11.7. The van der Waals surface area contributed by atoms with E-state index < -0.39 is 0 Å². The van der Waals surface area contributed by atoms with Gasteiger partial charge in [0.25, 0.3) is 0 Å². The van der Waals surface area contributed by atoms with Gasteiger partial charge in [0.1, 0.15) is 5.60 Å². The van der Waals surface area contributed by atoms with Gasteiger partial charge in [-0.3, -0.25) is 9.69 Å². The lowest BCUT2D eigenvalue weighted by Gasteiger charge is -2.57. The molecule has 0 aromatic heterocycles. The molecule has 1 saturated carbocycles. The van der Waals surface area contributed by atoms with E-state index in [4.69, 9.17) is 15.2 Å². The average Bonchev–Trinajstić information content (AvgIpc) is 2.67. The van der Waals surface area contributed by atoms with E-state index in [9.17, 15) is 4.79 Å². The number of hydrogen-bond acceptors (Lipinski definition) is 4. The van der Waals surface area contributed by atoms with Crippen molar-refractivity contribution in [1.29, 1.82) is 0 Å². The van der Waals surface area contributed by atoms with E-state index in [0.717, 1.165) is 51.1 Å². The lowest BCUT2D eigenvalue weighted by molar-refractivity contribution is -0.179. The molecule has 3 aliphatic rings. The van der Waals surface area contributed by atoms with Crippen LogP contribution in [-0.2, 0) is 15.1 Å². The fourth-order valence-electron chi connectivity index (χ4n) is 5.62. The molecule has 2 heterocycles. The molecule has 4 rings (SSSR count). The van der Waals surface area contributed by atoms with Gasteiger partial charge in [-0.05, 0) is 43.4 Å². The number of hydrogen-bond donors (Lipinski definition) is 1. The fraction of sp³-hybridized carbons (Fsp3) is 0.667. The number of fused-ring (bicyclic) bond motifs is 2. The lowest BCUT2D eigenvalue weighted by atomic mass is 9.62. The van der Waals surface area contributed by atoms with Crippen molar-refractivity contribution < 1.29 is 14.3 Å². The van der Waals surface area contributed by atoms with Gasteiger partial charge < -0.3 is 15.2 Å². The Morgan fingerprint density at radius 2 is 2.00 bits per heavy atom. The topological polar surface area (TPSA) is 64.8 Å². The van der Waals surface area contributed by atoms with E-state index in [0.29, 0.717) is 23.4 Å². The lowest BCUT2D eigenvalue weighted by Crippen LogP contribution is -2.61. The summed E-state index contributed by atoms with van der Waals surface area (Å²) in [6.45, 7) is 3.84. The first-order chi connectivity index (χ1) is 12.6. The summed E-state index contributed by atoms with van der Waals surface area (Å²) in [6.07, 6.45) is 5.97. The van der Waals surface area contributed by atoms with Crippen molar-refractivity contribution in [2.45, 2.75) is 43.7 Å². The molecule has 5 heteroatoms. The molecule has 1 aliphatic carbocycles. The van der Waals surface area contributed by atoms with Crippen molar-refractivity contribution in [3.63, 3.8) is 0 Å². The van der Waals surface area contributed by atoms with Crippen molar-refractivity contribution >= 4 is 5.91 Å². The Morgan fingerprint density at radius 3 is 2.62 bits per heavy atom. The van der Waals surface area contributed by atoms with E-state index in [-0.39, 0.29) is 11.5 Å². The molecular weight excluding hydrogens is 328 g/mol. The van der Waals surface area contributed by atoms with Crippen LogP contribution in [0.3, 0.4) is 0 Å². The highest BCUT2D eigenvalue weighted by molar-refractivity contribution is 5.92. The van der Waals surface area contributed by atoms with Gasteiger partial charge in [-0.25, -0.2) is 0 Å². The zero-order chi connectivity index (χ0) is 18.1. The summed E-state index contributed by atoms with van der Waals surface area (Å²) in [6, 6.07) is 8.34. The molecule has 2 saturated heterocycles. The number of likely N-dealkylation sites (tertiary alicyclic amines) is 1. The van der Waals surface area contributed by atoms with Crippen LogP contribution in [0.5, 0.6) is 0 Å². The van der Waals surface area contributed by atoms with Gasteiger partial charge in [-0.1, -0.05) is 18.6 Å². The quantitative estimate of drug-likeness (QED) is 0.898. The van der Waals surface area contributed by atoms with E-state index in [1.54, 1.807) is 6.07 Å². The zero-order valence-corrected chi connectivity index (χ0v) is 15.7. The molecule has 0 spiro atoms. The van der Waals surface area contributed by atoms with E-state index in [1.807, 2.05) is 19.2 Å². The second-order valence-corrected chi connectivity index (χ2v) is 8.09. The number of nitrogens with zero attached hydrogens (tertiary/aromatic N) is 1. The van der Waals surface area contributed by atoms with Crippen LogP contribution in [0.25, 0.3) is 0 Å². The number of primary amides is 1. The summed E-state index contributed by atoms with van der Waals surface area (Å²) < 4.78 is 12.0. The molecule has 2 aliphatic heterocycles. The van der Waals surface area contributed by atoms with Gasteiger partial charge >= 0.3 is 0 Å². The number of piperidine rings is 1. The standard InChI is InChI=1S/C21H30N2O3/c1-25-21(16-6-2-5-15(11-16)20(22)24)17-7-3-8-18(21)13-23(12-17)19-9-4-10-26-14-19/h2,5-6,11,17-19H,3-4,7-10,12-14H2,1H3,(H2,22,24)/t17-,18+,19?,21?. The maximum atomic E-state index is 11.7. The summed E-state index contributed by atoms with van der Waals surface area (Å²) >= 11 is 0. The molecule has 3 fully saturated rings. The number of nitrogens with two attached hydrogens (primary N) is 1. The number of rotatable bonds is 4. The molecule has 2 bridgehead atoms. The molecule has 1 aromatic rings. The molecule has 2 unspecified atom stereocenters. The number of carbonyl (C=O) groups excluding carboxylic acids is 1. The Hall–Kier alpha value is -1.43. The fourth-order valence-corrected chi connectivity index (χ4v) is 5.62. The van der Waals surface area contributed by atoms with Crippen LogP contribution in [0.4, 0.5) is 0 Å². The molecule has 4 atom stereocenters. The van der Waals surface area contributed by atoms with Crippen LogP contribution in [0.15, 0.2) is 24.3 Å². The Bertz CT molecular complexity index is 642. The molecular formula is C21H30N2O3. The van der Waals surface area contributed by atoms with Crippen LogP contribution in [0, 0.1) is 11.8 Å². The Balaban J connectivity index is 1.66. The molecule has 26 heavy (non-hydrogen) atoms. The summed E-state index contributed by atoms with van der Waals surface area (Å²) in [4.78, 5) is 14.3. The first-order valence-corrected chi connectivity index (χ1v) is 9.92. The molecule has 1 aromatic carbocycles. The second-order valence-electron chi connectivity index (χ2n) is 8.09. The third kappa shape index (κ3) is 2.96. The Morgan fingerprint density at radius 1 is 1.23 bits per heavy atom. The largest absolute Gasteiger partial charge is 0.380 e. The monoisotopic (exact) mass is 358 g/mol. The van der Waals surface area contributed by atoms with Crippen molar-refractivity contribution in [2.75, 3.05) is 33.4 Å². The Kier molecular flexibility index (Phi) is 5.04. The first kappa shape index (κ1) is 18.0. The second kappa shape index (κ2) is 7.29. The molecule has 2 N–H and O–H groups in total. The Labute approximate surface area is 155 Å². The third-order valence-electron chi connectivity index (χ3n) is 6.82. The predicted molar refractivity (Wildman–Crippen MR) is 99.9 cm³/mol. The van der Waals surface area contributed by atoms with Crippen LogP contribution in [0.1, 0.15) is 48.0 Å². The molecule has 5 nitrogen and oxygen atoms in total. The SMILES string of the molecule is COC1(c2cccc(C(N)=O)c2)[C@@H]2CCC[C@H]1CN(C1CCCOC1)C2. The van der Waals surface area contributed by atoms with Crippen molar-refractivity contribution in [2.24, 2.45) is 17.6 Å².